The standard InChI is InChI=1S/C19H30N4O3.HI/c1-13(2)22-18(24)6-8-21-19(20-3)23-9-7-14-10-16(25-4)17(26-5)11-15(14)12-23;/h10-11,13H,6-9,12H2,1-5H3,(H,20,21)(H,22,24);1H. The SMILES string of the molecule is CN=C(NCCC(=O)NC(C)C)N1CCc2cc(OC)c(OC)cc2C1.I. The summed E-state index contributed by atoms with van der Waals surface area (Å²) >= 11 is 0. The van der Waals surface area contributed by atoms with Gasteiger partial charge in [0, 0.05) is 39.1 Å². The molecule has 0 bridgehead atoms. The van der Waals surface area contributed by atoms with Crippen molar-refractivity contribution < 1.29 is 14.3 Å². The fraction of sp³-hybridized carbons (Fsp3) is 0.579. The molecule has 0 aromatic heterocycles. The summed E-state index contributed by atoms with van der Waals surface area (Å²) in [4.78, 5) is 18.3. The zero-order valence-electron chi connectivity index (χ0n) is 16.8. The Bertz CT molecular complexity index is 665. The molecule has 0 aliphatic carbocycles. The number of fused-ring (bicyclic) bond motifs is 1. The summed E-state index contributed by atoms with van der Waals surface area (Å²) in [6, 6.07) is 4.24. The molecule has 1 aromatic rings. The van der Waals surface area contributed by atoms with Crippen molar-refractivity contribution in [3.8, 4) is 11.5 Å². The molecule has 1 aromatic carbocycles. The van der Waals surface area contributed by atoms with Crippen molar-refractivity contribution in [3.05, 3.63) is 23.3 Å². The molecule has 0 unspecified atom stereocenters. The Morgan fingerprint density at radius 1 is 1.22 bits per heavy atom. The molecule has 27 heavy (non-hydrogen) atoms. The summed E-state index contributed by atoms with van der Waals surface area (Å²) in [5.74, 6) is 2.35. The first-order valence-electron chi connectivity index (χ1n) is 8.97. The average Bonchev–Trinajstić information content (AvgIpc) is 2.63. The number of hydrogen-bond acceptors (Lipinski definition) is 4. The van der Waals surface area contributed by atoms with Gasteiger partial charge in [0.15, 0.2) is 17.5 Å². The maximum atomic E-state index is 11.8. The molecule has 1 heterocycles. The third-order valence-electron chi connectivity index (χ3n) is 4.31. The number of ether oxygens (including phenoxy) is 2. The monoisotopic (exact) mass is 490 g/mol. The van der Waals surface area contributed by atoms with Crippen LogP contribution >= 0.6 is 24.0 Å². The highest BCUT2D eigenvalue weighted by Crippen LogP contribution is 2.33. The summed E-state index contributed by atoms with van der Waals surface area (Å²) in [5, 5.41) is 6.18. The quantitative estimate of drug-likeness (QED) is 0.363. The first kappa shape index (κ1) is 23.3. The van der Waals surface area contributed by atoms with Crippen molar-refractivity contribution >= 4 is 35.8 Å². The lowest BCUT2D eigenvalue weighted by Gasteiger charge is -2.32. The number of benzene rings is 1. The number of carbonyl (C=O) groups is 1. The van der Waals surface area contributed by atoms with Crippen molar-refractivity contribution in [3.63, 3.8) is 0 Å². The zero-order chi connectivity index (χ0) is 19.1. The van der Waals surface area contributed by atoms with E-state index >= 15 is 0 Å². The van der Waals surface area contributed by atoms with Crippen molar-refractivity contribution in [1.82, 2.24) is 15.5 Å². The molecule has 0 saturated carbocycles. The van der Waals surface area contributed by atoms with Crippen LogP contribution in [0.3, 0.4) is 0 Å². The van der Waals surface area contributed by atoms with Gasteiger partial charge in [0.2, 0.25) is 5.91 Å². The predicted molar refractivity (Wildman–Crippen MR) is 118 cm³/mol. The molecular weight excluding hydrogens is 459 g/mol. The second-order valence-electron chi connectivity index (χ2n) is 6.59. The molecule has 1 aliphatic heterocycles. The summed E-state index contributed by atoms with van der Waals surface area (Å²) in [5.41, 5.74) is 2.47. The number of methoxy groups -OCH3 is 2. The predicted octanol–water partition coefficient (Wildman–Crippen LogP) is 2.17. The average molecular weight is 490 g/mol. The van der Waals surface area contributed by atoms with Gasteiger partial charge >= 0.3 is 0 Å². The number of aliphatic imine (C=N–C) groups is 1. The highest BCUT2D eigenvalue weighted by atomic mass is 127. The Morgan fingerprint density at radius 2 is 1.85 bits per heavy atom. The van der Waals surface area contributed by atoms with Crippen molar-refractivity contribution in [1.29, 1.82) is 0 Å². The molecule has 0 fully saturated rings. The van der Waals surface area contributed by atoms with Crippen LogP contribution < -0.4 is 20.1 Å². The molecule has 8 heteroatoms. The molecular formula is C19H31IN4O3. The Balaban J connectivity index is 0.00000364. The topological polar surface area (TPSA) is 75.2 Å². The number of nitrogens with one attached hydrogen (secondary N) is 2. The number of rotatable bonds is 6. The van der Waals surface area contributed by atoms with Crippen LogP contribution in [0.2, 0.25) is 0 Å². The van der Waals surface area contributed by atoms with Gasteiger partial charge in [-0.25, -0.2) is 0 Å². The molecule has 0 radical (unpaired) electrons. The number of carbonyl (C=O) groups excluding carboxylic acids is 1. The van der Waals surface area contributed by atoms with Crippen molar-refractivity contribution in [2.75, 3.05) is 34.4 Å². The largest absolute Gasteiger partial charge is 0.493 e. The van der Waals surface area contributed by atoms with Crippen LogP contribution in [-0.2, 0) is 17.8 Å². The van der Waals surface area contributed by atoms with E-state index in [0.717, 1.165) is 37.0 Å². The third-order valence-corrected chi connectivity index (χ3v) is 4.31. The molecule has 152 valence electrons. The van der Waals surface area contributed by atoms with E-state index in [-0.39, 0.29) is 35.9 Å². The lowest BCUT2D eigenvalue weighted by atomic mass is 9.99. The first-order valence-corrected chi connectivity index (χ1v) is 8.97. The van der Waals surface area contributed by atoms with Gasteiger partial charge in [-0.3, -0.25) is 9.79 Å². The second-order valence-corrected chi connectivity index (χ2v) is 6.59. The van der Waals surface area contributed by atoms with Crippen LogP contribution in [-0.4, -0.2) is 57.2 Å². The van der Waals surface area contributed by atoms with Gasteiger partial charge in [-0.2, -0.15) is 0 Å². The second kappa shape index (κ2) is 11.2. The minimum atomic E-state index is 0. The fourth-order valence-electron chi connectivity index (χ4n) is 3.08. The Morgan fingerprint density at radius 3 is 2.41 bits per heavy atom. The lowest BCUT2D eigenvalue weighted by molar-refractivity contribution is -0.121. The molecule has 2 N–H and O–H groups in total. The van der Waals surface area contributed by atoms with Gasteiger partial charge < -0.3 is 25.0 Å². The number of halogens is 1. The molecule has 0 spiro atoms. The van der Waals surface area contributed by atoms with Crippen molar-refractivity contribution in [2.24, 2.45) is 4.99 Å². The van der Waals surface area contributed by atoms with Crippen LogP contribution in [0, 0.1) is 0 Å². The highest BCUT2D eigenvalue weighted by molar-refractivity contribution is 14.0. The minimum Gasteiger partial charge on any atom is -0.493 e. The highest BCUT2D eigenvalue weighted by Gasteiger charge is 2.21. The van der Waals surface area contributed by atoms with Gasteiger partial charge in [-0.15, -0.1) is 24.0 Å². The van der Waals surface area contributed by atoms with Gasteiger partial charge in [0.1, 0.15) is 0 Å². The van der Waals surface area contributed by atoms with E-state index in [4.69, 9.17) is 9.47 Å². The number of amides is 1. The maximum Gasteiger partial charge on any atom is 0.221 e. The fourth-order valence-corrected chi connectivity index (χ4v) is 3.08. The van der Waals surface area contributed by atoms with Crippen molar-refractivity contribution in [2.45, 2.75) is 39.3 Å². The summed E-state index contributed by atoms with van der Waals surface area (Å²) < 4.78 is 10.8. The minimum absolute atomic E-state index is 0. The number of nitrogens with zero attached hydrogens (tertiary/aromatic N) is 2. The third kappa shape index (κ3) is 6.44. The normalized spacial score (nSPS) is 13.6. The van der Waals surface area contributed by atoms with Crippen LogP contribution in [0.4, 0.5) is 0 Å². The zero-order valence-corrected chi connectivity index (χ0v) is 19.1. The first-order chi connectivity index (χ1) is 12.5. The molecule has 7 nitrogen and oxygen atoms in total. The van der Waals surface area contributed by atoms with E-state index in [1.54, 1.807) is 21.3 Å². The van der Waals surface area contributed by atoms with Crippen LogP contribution in [0.15, 0.2) is 17.1 Å². The maximum absolute atomic E-state index is 11.8. The summed E-state index contributed by atoms with van der Waals surface area (Å²) in [6.45, 7) is 6.08. The Kier molecular flexibility index (Phi) is 9.68. The van der Waals surface area contributed by atoms with E-state index in [1.165, 1.54) is 11.1 Å². The number of guanidine groups is 1. The molecule has 0 atom stereocenters. The molecule has 2 rings (SSSR count). The number of hydrogen-bond donors (Lipinski definition) is 2. The molecule has 1 amide bonds. The van der Waals surface area contributed by atoms with E-state index in [0.29, 0.717) is 13.0 Å². The van der Waals surface area contributed by atoms with E-state index < -0.39 is 0 Å². The van der Waals surface area contributed by atoms with E-state index in [9.17, 15) is 4.79 Å². The van der Waals surface area contributed by atoms with Gasteiger partial charge in [-0.1, -0.05) is 0 Å². The van der Waals surface area contributed by atoms with Crippen LogP contribution in [0.25, 0.3) is 0 Å². The van der Waals surface area contributed by atoms with Crippen LogP contribution in [0.5, 0.6) is 11.5 Å². The Hall–Kier alpha value is -1.71. The van der Waals surface area contributed by atoms with Gasteiger partial charge in [0.25, 0.3) is 0 Å². The van der Waals surface area contributed by atoms with E-state index in [1.807, 2.05) is 19.9 Å². The van der Waals surface area contributed by atoms with Gasteiger partial charge in [-0.05, 0) is 43.5 Å². The lowest BCUT2D eigenvalue weighted by Crippen LogP contribution is -2.45. The molecule has 1 aliphatic rings. The van der Waals surface area contributed by atoms with Crippen LogP contribution in [0.1, 0.15) is 31.4 Å². The smallest absolute Gasteiger partial charge is 0.221 e. The molecule has 0 saturated heterocycles. The summed E-state index contributed by atoms with van der Waals surface area (Å²) in [7, 11) is 5.06. The van der Waals surface area contributed by atoms with Gasteiger partial charge in [0.05, 0.1) is 14.2 Å². The summed E-state index contributed by atoms with van der Waals surface area (Å²) in [6.07, 6.45) is 1.33. The van der Waals surface area contributed by atoms with E-state index in [2.05, 4.69) is 26.6 Å². The Labute approximate surface area is 178 Å².